The van der Waals surface area contributed by atoms with E-state index < -0.39 is 29.5 Å². The number of anilines is 1. The van der Waals surface area contributed by atoms with Gasteiger partial charge in [-0.2, -0.15) is 13.2 Å². The van der Waals surface area contributed by atoms with E-state index in [1.54, 1.807) is 20.8 Å². The summed E-state index contributed by atoms with van der Waals surface area (Å²) < 4.78 is 44.2. The summed E-state index contributed by atoms with van der Waals surface area (Å²) in [7, 11) is 0. The molecular weight excluding hydrogens is 321 g/mol. The van der Waals surface area contributed by atoms with Gasteiger partial charge in [0.2, 0.25) is 0 Å². The highest BCUT2D eigenvalue weighted by atomic mass is 19.4. The Bertz CT molecular complexity index is 609. The van der Waals surface area contributed by atoms with Gasteiger partial charge in [0, 0.05) is 11.7 Å². The monoisotopic (exact) mass is 344 g/mol. The second-order valence-corrected chi connectivity index (χ2v) is 6.98. The first-order valence-electron chi connectivity index (χ1n) is 7.97. The Morgan fingerprint density at radius 1 is 1.33 bits per heavy atom. The van der Waals surface area contributed by atoms with Crippen molar-refractivity contribution < 1.29 is 22.7 Å². The van der Waals surface area contributed by atoms with Crippen molar-refractivity contribution in [3.8, 4) is 0 Å². The maximum atomic E-state index is 13.0. The van der Waals surface area contributed by atoms with Gasteiger partial charge in [0.25, 0.3) is 0 Å². The third-order valence-corrected chi connectivity index (χ3v) is 3.82. The summed E-state index contributed by atoms with van der Waals surface area (Å²) in [5.41, 5.74) is -0.353. The Kier molecular flexibility index (Phi) is 5.01. The van der Waals surface area contributed by atoms with Crippen LogP contribution < -0.4 is 10.6 Å². The molecule has 7 heteroatoms. The fraction of sp³-hybridized carbons (Fsp3) is 0.588. The molecule has 24 heavy (non-hydrogen) atoms. The molecule has 0 saturated heterocycles. The summed E-state index contributed by atoms with van der Waals surface area (Å²) in [4.78, 5) is 12.0. The number of ether oxygens (including phenoxy) is 1. The highest BCUT2D eigenvalue weighted by Gasteiger charge is 2.34. The molecule has 0 aromatic heterocycles. The average molecular weight is 344 g/mol. The number of alkyl halides is 3. The molecular formula is C17H23F3N2O2. The van der Waals surface area contributed by atoms with E-state index in [9.17, 15) is 18.0 Å². The fourth-order valence-corrected chi connectivity index (χ4v) is 2.70. The Morgan fingerprint density at radius 2 is 2.00 bits per heavy atom. The van der Waals surface area contributed by atoms with Crippen LogP contribution in [0.2, 0.25) is 0 Å². The van der Waals surface area contributed by atoms with Crippen LogP contribution in [0.3, 0.4) is 0 Å². The van der Waals surface area contributed by atoms with Crippen molar-refractivity contribution in [1.82, 2.24) is 5.32 Å². The molecule has 0 spiro atoms. The molecule has 2 rings (SSSR count). The minimum absolute atomic E-state index is 0.0779. The molecule has 0 bridgehead atoms. The predicted molar refractivity (Wildman–Crippen MR) is 85.9 cm³/mol. The zero-order valence-corrected chi connectivity index (χ0v) is 14.3. The molecule has 1 aliphatic heterocycles. The van der Waals surface area contributed by atoms with Crippen molar-refractivity contribution in [2.45, 2.75) is 64.4 Å². The normalized spacial score (nSPS) is 20.8. The quantitative estimate of drug-likeness (QED) is 0.805. The van der Waals surface area contributed by atoms with Gasteiger partial charge in [-0.05, 0) is 57.4 Å². The lowest BCUT2D eigenvalue weighted by molar-refractivity contribution is -0.137. The van der Waals surface area contributed by atoms with E-state index in [-0.39, 0.29) is 6.04 Å². The number of nitrogens with one attached hydrogen (secondary N) is 2. The minimum Gasteiger partial charge on any atom is -0.444 e. The number of alkyl carbamates (subject to hydrolysis) is 1. The number of rotatable bonds is 2. The number of hydrogen-bond donors (Lipinski definition) is 2. The molecule has 2 unspecified atom stereocenters. The van der Waals surface area contributed by atoms with Crippen LogP contribution in [-0.2, 0) is 10.9 Å². The summed E-state index contributed by atoms with van der Waals surface area (Å²) in [6.45, 7) is 7.19. The van der Waals surface area contributed by atoms with Gasteiger partial charge in [0.05, 0.1) is 11.6 Å². The second-order valence-electron chi connectivity index (χ2n) is 6.98. The lowest BCUT2D eigenvalue weighted by Gasteiger charge is -2.34. The largest absolute Gasteiger partial charge is 0.444 e. The number of fused-ring (bicyclic) bond motifs is 1. The van der Waals surface area contributed by atoms with Crippen LogP contribution >= 0.6 is 0 Å². The van der Waals surface area contributed by atoms with Crippen molar-refractivity contribution in [3.05, 3.63) is 29.3 Å². The molecule has 2 N–H and O–H groups in total. The highest BCUT2D eigenvalue weighted by molar-refractivity contribution is 5.70. The maximum absolute atomic E-state index is 13.0. The summed E-state index contributed by atoms with van der Waals surface area (Å²) in [6, 6.07) is 3.12. The van der Waals surface area contributed by atoms with Crippen LogP contribution in [0.4, 0.5) is 23.7 Å². The summed E-state index contributed by atoms with van der Waals surface area (Å²) >= 11 is 0. The molecule has 1 aliphatic rings. The molecule has 1 heterocycles. The second kappa shape index (κ2) is 6.53. The van der Waals surface area contributed by atoms with E-state index in [1.165, 1.54) is 6.07 Å². The first-order chi connectivity index (χ1) is 11.0. The predicted octanol–water partition coefficient (Wildman–Crippen LogP) is 4.87. The van der Waals surface area contributed by atoms with Crippen LogP contribution in [0.15, 0.2) is 18.2 Å². The molecule has 1 aromatic rings. The minimum atomic E-state index is -4.42. The van der Waals surface area contributed by atoms with E-state index in [0.717, 1.165) is 18.6 Å². The smallest absolute Gasteiger partial charge is 0.416 e. The molecule has 4 nitrogen and oxygen atoms in total. The van der Waals surface area contributed by atoms with Gasteiger partial charge in [0.1, 0.15) is 5.60 Å². The summed E-state index contributed by atoms with van der Waals surface area (Å²) in [5, 5.41) is 5.92. The van der Waals surface area contributed by atoms with Crippen molar-refractivity contribution in [2.24, 2.45) is 0 Å². The maximum Gasteiger partial charge on any atom is 0.416 e. The Labute approximate surface area is 139 Å². The van der Waals surface area contributed by atoms with Gasteiger partial charge in [-0.3, -0.25) is 0 Å². The van der Waals surface area contributed by atoms with Crippen LogP contribution in [0.25, 0.3) is 0 Å². The lowest BCUT2D eigenvalue weighted by Crippen LogP contribution is -2.39. The first-order valence-corrected chi connectivity index (χ1v) is 7.97. The number of benzene rings is 1. The van der Waals surface area contributed by atoms with Gasteiger partial charge in [-0.1, -0.05) is 6.92 Å². The third-order valence-electron chi connectivity index (χ3n) is 3.82. The molecule has 134 valence electrons. The zero-order valence-electron chi connectivity index (χ0n) is 14.3. The van der Waals surface area contributed by atoms with Crippen molar-refractivity contribution in [3.63, 3.8) is 0 Å². The Balaban J connectivity index is 2.29. The van der Waals surface area contributed by atoms with Crippen LogP contribution in [-0.4, -0.2) is 17.7 Å². The molecule has 2 atom stereocenters. The number of hydrogen-bond acceptors (Lipinski definition) is 3. The van der Waals surface area contributed by atoms with Gasteiger partial charge < -0.3 is 15.4 Å². The van der Waals surface area contributed by atoms with Crippen LogP contribution in [0.5, 0.6) is 0 Å². The van der Waals surface area contributed by atoms with Crippen LogP contribution in [0, 0.1) is 0 Å². The number of amides is 1. The van der Waals surface area contributed by atoms with Gasteiger partial charge >= 0.3 is 12.3 Å². The van der Waals surface area contributed by atoms with E-state index in [4.69, 9.17) is 4.74 Å². The number of halogens is 3. The van der Waals surface area contributed by atoms with E-state index in [1.807, 2.05) is 6.92 Å². The van der Waals surface area contributed by atoms with Crippen molar-refractivity contribution in [1.29, 1.82) is 0 Å². The van der Waals surface area contributed by atoms with Crippen LogP contribution in [0.1, 0.15) is 57.7 Å². The Hall–Kier alpha value is -1.92. The molecule has 0 radical (unpaired) electrons. The topological polar surface area (TPSA) is 50.4 Å². The standard InChI is InChI=1S/C17H23F3N2O2/c1-5-11-9-14(22-15(23)24-16(2,3)4)12-8-10(17(18,19)20)6-7-13(12)21-11/h6-8,11,14,21H,5,9H2,1-4H3,(H,22,23). The molecule has 0 saturated carbocycles. The van der Waals surface area contributed by atoms with Gasteiger partial charge in [-0.25, -0.2) is 4.79 Å². The molecule has 0 fully saturated rings. The molecule has 0 aliphatic carbocycles. The van der Waals surface area contributed by atoms with Crippen molar-refractivity contribution in [2.75, 3.05) is 5.32 Å². The SMILES string of the molecule is CCC1CC(NC(=O)OC(C)(C)C)c2cc(C(F)(F)F)ccc2N1. The first kappa shape index (κ1) is 18.4. The van der Waals surface area contributed by atoms with Crippen molar-refractivity contribution >= 4 is 11.8 Å². The van der Waals surface area contributed by atoms with Gasteiger partial charge in [-0.15, -0.1) is 0 Å². The number of carbonyl (C=O) groups is 1. The summed E-state index contributed by atoms with van der Waals surface area (Å²) in [6.07, 6.45) is -3.75. The molecule has 1 amide bonds. The summed E-state index contributed by atoms with van der Waals surface area (Å²) in [5.74, 6) is 0. The Morgan fingerprint density at radius 3 is 2.54 bits per heavy atom. The number of carbonyl (C=O) groups excluding carboxylic acids is 1. The highest BCUT2D eigenvalue weighted by Crippen LogP contribution is 2.38. The van der Waals surface area contributed by atoms with Gasteiger partial charge in [0.15, 0.2) is 0 Å². The zero-order chi connectivity index (χ0) is 18.1. The average Bonchev–Trinajstić information content (AvgIpc) is 2.43. The van der Waals surface area contributed by atoms with E-state index >= 15 is 0 Å². The fourth-order valence-electron chi connectivity index (χ4n) is 2.70. The van der Waals surface area contributed by atoms with E-state index in [2.05, 4.69) is 10.6 Å². The van der Waals surface area contributed by atoms with E-state index in [0.29, 0.717) is 17.7 Å². The third kappa shape index (κ3) is 4.55. The lowest BCUT2D eigenvalue weighted by atomic mass is 9.90. The molecule has 1 aromatic carbocycles.